The molecule has 0 bridgehead atoms. The minimum absolute atomic E-state index is 0.0479. The molecule has 0 radical (unpaired) electrons. The van der Waals surface area contributed by atoms with Crippen molar-refractivity contribution in [3.63, 3.8) is 0 Å². The Labute approximate surface area is 163 Å². The Morgan fingerprint density at radius 3 is 2.26 bits per heavy atom. The van der Waals surface area contributed by atoms with Crippen LogP contribution >= 0.6 is 11.6 Å². The normalized spacial score (nSPS) is 23.6. The van der Waals surface area contributed by atoms with Crippen LogP contribution in [0.15, 0.2) is 48.5 Å². The monoisotopic (exact) mass is 406 g/mol. The molecule has 0 saturated carbocycles. The number of halogens is 1. The van der Waals surface area contributed by atoms with Gasteiger partial charge in [0.1, 0.15) is 5.75 Å². The van der Waals surface area contributed by atoms with Crippen LogP contribution in [0.2, 0.25) is 5.02 Å². The smallest absolute Gasteiger partial charge is 0.329 e. The first-order valence-corrected chi connectivity index (χ1v) is 10.9. The Morgan fingerprint density at radius 1 is 1.04 bits per heavy atom. The highest BCUT2D eigenvalue weighted by molar-refractivity contribution is 7.91. The first-order chi connectivity index (χ1) is 12.9. The third-order valence-electron chi connectivity index (χ3n) is 4.88. The second-order valence-electron chi connectivity index (χ2n) is 6.64. The molecule has 2 amide bonds. The first kappa shape index (κ1) is 18.1. The van der Waals surface area contributed by atoms with Crippen LogP contribution in [-0.2, 0) is 9.84 Å². The maximum absolute atomic E-state index is 13.2. The van der Waals surface area contributed by atoms with Crippen molar-refractivity contribution in [1.29, 1.82) is 0 Å². The molecule has 2 aromatic rings. The average Bonchev–Trinajstić information content (AvgIpc) is 3.04. The standard InChI is InChI=1S/C19H19ClN2O4S/c1-2-26-16-8-6-14(7-9-16)21-17-11-27(24,25)12-18(17)22(19(21)23)15-5-3-4-13(20)10-15/h3-10,17-18H,2,11-12H2,1H3/t17-,18+/m0/s1. The van der Waals surface area contributed by atoms with Gasteiger partial charge in [0.25, 0.3) is 0 Å². The molecule has 27 heavy (non-hydrogen) atoms. The highest BCUT2D eigenvalue weighted by atomic mass is 35.5. The summed E-state index contributed by atoms with van der Waals surface area (Å²) in [7, 11) is -3.23. The largest absolute Gasteiger partial charge is 0.494 e. The van der Waals surface area contributed by atoms with Gasteiger partial charge < -0.3 is 4.74 Å². The van der Waals surface area contributed by atoms with Crippen molar-refractivity contribution in [3.05, 3.63) is 53.6 Å². The number of urea groups is 1. The van der Waals surface area contributed by atoms with Crippen LogP contribution in [0.25, 0.3) is 0 Å². The molecule has 2 aliphatic rings. The minimum Gasteiger partial charge on any atom is -0.494 e. The number of carbonyl (C=O) groups is 1. The molecule has 0 unspecified atom stereocenters. The number of nitrogens with zero attached hydrogens (tertiary/aromatic N) is 2. The van der Waals surface area contributed by atoms with Gasteiger partial charge in [-0.25, -0.2) is 13.2 Å². The number of anilines is 2. The van der Waals surface area contributed by atoms with E-state index in [4.69, 9.17) is 16.3 Å². The van der Waals surface area contributed by atoms with Crippen molar-refractivity contribution in [2.75, 3.05) is 27.9 Å². The zero-order valence-electron chi connectivity index (χ0n) is 14.7. The number of amides is 2. The Morgan fingerprint density at radius 2 is 1.67 bits per heavy atom. The van der Waals surface area contributed by atoms with Crippen LogP contribution in [0.3, 0.4) is 0 Å². The SMILES string of the molecule is CCOc1ccc(N2C(=O)N(c3cccc(Cl)c3)[C@@H]3CS(=O)(=O)C[C@@H]32)cc1. The summed E-state index contributed by atoms with van der Waals surface area (Å²) >= 11 is 6.09. The molecule has 2 aliphatic heterocycles. The van der Waals surface area contributed by atoms with Crippen LogP contribution in [0, 0.1) is 0 Å². The summed E-state index contributed by atoms with van der Waals surface area (Å²) in [6.45, 7) is 2.45. The van der Waals surface area contributed by atoms with Gasteiger partial charge >= 0.3 is 6.03 Å². The van der Waals surface area contributed by atoms with E-state index in [0.29, 0.717) is 28.8 Å². The van der Waals surface area contributed by atoms with Gasteiger partial charge in [-0.15, -0.1) is 0 Å². The molecule has 2 atom stereocenters. The number of ether oxygens (including phenoxy) is 1. The lowest BCUT2D eigenvalue weighted by molar-refractivity contribution is 0.255. The number of rotatable bonds is 4. The molecule has 0 N–H and O–H groups in total. The van der Waals surface area contributed by atoms with Crippen molar-refractivity contribution >= 4 is 38.8 Å². The van der Waals surface area contributed by atoms with Gasteiger partial charge in [0, 0.05) is 16.4 Å². The molecule has 4 rings (SSSR count). The Hall–Kier alpha value is -2.25. The predicted octanol–water partition coefficient (Wildman–Crippen LogP) is 3.35. The third kappa shape index (κ3) is 3.26. The zero-order chi connectivity index (χ0) is 19.2. The average molecular weight is 407 g/mol. The summed E-state index contributed by atoms with van der Waals surface area (Å²) in [5.41, 5.74) is 1.26. The lowest BCUT2D eigenvalue weighted by Crippen LogP contribution is -2.37. The summed E-state index contributed by atoms with van der Waals surface area (Å²) in [5.74, 6) is 0.604. The number of hydrogen-bond donors (Lipinski definition) is 0. The zero-order valence-corrected chi connectivity index (χ0v) is 16.3. The van der Waals surface area contributed by atoms with Crippen LogP contribution in [0.1, 0.15) is 6.92 Å². The minimum atomic E-state index is -3.23. The highest BCUT2D eigenvalue weighted by Crippen LogP contribution is 2.38. The first-order valence-electron chi connectivity index (χ1n) is 8.71. The molecule has 142 valence electrons. The molecule has 0 spiro atoms. The maximum Gasteiger partial charge on any atom is 0.329 e. The molecule has 2 aromatic carbocycles. The Kier molecular flexibility index (Phi) is 4.52. The lowest BCUT2D eigenvalue weighted by Gasteiger charge is -2.23. The van der Waals surface area contributed by atoms with Crippen molar-refractivity contribution < 1.29 is 17.9 Å². The van der Waals surface area contributed by atoms with E-state index in [-0.39, 0.29) is 17.5 Å². The van der Waals surface area contributed by atoms with Crippen molar-refractivity contribution in [2.24, 2.45) is 0 Å². The Balaban J connectivity index is 1.74. The van der Waals surface area contributed by atoms with Gasteiger partial charge in [0.15, 0.2) is 9.84 Å². The fourth-order valence-electron chi connectivity index (χ4n) is 3.80. The van der Waals surface area contributed by atoms with Crippen LogP contribution in [0.4, 0.5) is 16.2 Å². The molecule has 6 nitrogen and oxygen atoms in total. The van der Waals surface area contributed by atoms with Gasteiger partial charge in [0.05, 0.1) is 30.2 Å². The van der Waals surface area contributed by atoms with Crippen molar-refractivity contribution in [1.82, 2.24) is 0 Å². The highest BCUT2D eigenvalue weighted by Gasteiger charge is 2.54. The number of hydrogen-bond acceptors (Lipinski definition) is 4. The van der Waals surface area contributed by atoms with Gasteiger partial charge in [-0.2, -0.15) is 0 Å². The third-order valence-corrected chi connectivity index (χ3v) is 6.82. The van der Waals surface area contributed by atoms with Crippen LogP contribution in [-0.4, -0.2) is 44.6 Å². The second-order valence-corrected chi connectivity index (χ2v) is 9.23. The molecular weight excluding hydrogens is 388 g/mol. The van der Waals surface area contributed by atoms with Gasteiger partial charge in [-0.1, -0.05) is 17.7 Å². The molecule has 2 saturated heterocycles. The van der Waals surface area contributed by atoms with Gasteiger partial charge in [-0.05, 0) is 49.4 Å². The number of benzene rings is 2. The summed E-state index contributed by atoms with van der Waals surface area (Å²) in [4.78, 5) is 16.4. The maximum atomic E-state index is 13.2. The summed E-state index contributed by atoms with van der Waals surface area (Å²) in [6.07, 6.45) is 0. The number of sulfone groups is 1. The van der Waals surface area contributed by atoms with E-state index in [2.05, 4.69) is 0 Å². The van der Waals surface area contributed by atoms with E-state index >= 15 is 0 Å². The topological polar surface area (TPSA) is 66.9 Å². The van der Waals surface area contributed by atoms with Crippen LogP contribution in [0.5, 0.6) is 5.75 Å². The van der Waals surface area contributed by atoms with E-state index in [9.17, 15) is 13.2 Å². The summed E-state index contributed by atoms with van der Waals surface area (Å²) in [5, 5.41) is 0.497. The van der Waals surface area contributed by atoms with Crippen molar-refractivity contribution in [2.45, 2.75) is 19.0 Å². The molecular formula is C19H19ClN2O4S. The van der Waals surface area contributed by atoms with E-state index in [1.165, 1.54) is 0 Å². The quantitative estimate of drug-likeness (QED) is 0.730. The van der Waals surface area contributed by atoms with Crippen LogP contribution < -0.4 is 14.5 Å². The summed E-state index contributed by atoms with van der Waals surface area (Å²) in [6, 6.07) is 13.0. The molecule has 8 heteroatoms. The number of carbonyl (C=O) groups excluding carboxylic acids is 1. The fourth-order valence-corrected chi connectivity index (χ4v) is 5.91. The Bertz CT molecular complexity index is 977. The van der Waals surface area contributed by atoms with E-state index in [0.717, 1.165) is 0 Å². The second kappa shape index (κ2) is 6.73. The van der Waals surface area contributed by atoms with Gasteiger partial charge in [-0.3, -0.25) is 9.80 Å². The predicted molar refractivity (Wildman–Crippen MR) is 106 cm³/mol. The van der Waals surface area contributed by atoms with E-state index in [1.807, 2.05) is 6.92 Å². The molecule has 0 aromatic heterocycles. The molecule has 0 aliphatic carbocycles. The fraction of sp³-hybridized carbons (Fsp3) is 0.316. The van der Waals surface area contributed by atoms with E-state index < -0.39 is 21.9 Å². The van der Waals surface area contributed by atoms with Gasteiger partial charge in [0.2, 0.25) is 0 Å². The summed E-state index contributed by atoms with van der Waals surface area (Å²) < 4.78 is 30.0. The van der Waals surface area contributed by atoms with Crippen molar-refractivity contribution in [3.8, 4) is 5.75 Å². The lowest BCUT2D eigenvalue weighted by atomic mass is 10.1. The molecule has 2 fully saturated rings. The molecule has 2 heterocycles. The number of fused-ring (bicyclic) bond motifs is 1. The van der Waals surface area contributed by atoms with E-state index in [1.54, 1.807) is 58.3 Å².